The number of nitrogens with zero attached hydrogens (tertiary/aromatic N) is 3. The molecule has 1 fully saturated rings. The van der Waals surface area contributed by atoms with E-state index in [0.29, 0.717) is 13.0 Å². The summed E-state index contributed by atoms with van der Waals surface area (Å²) in [6, 6.07) is -0.487. The van der Waals surface area contributed by atoms with Gasteiger partial charge in [-0.15, -0.1) is 0 Å². The molecule has 0 aliphatic carbocycles. The molecule has 0 aromatic carbocycles. The lowest BCUT2D eigenvalue weighted by atomic mass is 9.90. The highest BCUT2D eigenvalue weighted by atomic mass is 16.5. The van der Waals surface area contributed by atoms with Crippen molar-refractivity contribution in [1.29, 1.82) is 0 Å². The molecule has 1 aliphatic heterocycles. The molecule has 9 nitrogen and oxygen atoms in total. The quantitative estimate of drug-likeness (QED) is 0.796. The van der Waals surface area contributed by atoms with Crippen LogP contribution in [0.15, 0.2) is 6.20 Å². The number of ether oxygens (including phenoxy) is 1. The Morgan fingerprint density at radius 1 is 1.48 bits per heavy atom. The van der Waals surface area contributed by atoms with Crippen molar-refractivity contribution in [3.63, 3.8) is 0 Å². The van der Waals surface area contributed by atoms with E-state index < -0.39 is 23.4 Å². The second-order valence-corrected chi connectivity index (χ2v) is 5.75. The highest BCUT2D eigenvalue weighted by molar-refractivity contribution is 5.99. The van der Waals surface area contributed by atoms with Gasteiger partial charge < -0.3 is 14.7 Å². The summed E-state index contributed by atoms with van der Waals surface area (Å²) in [5.74, 6) is -1.41. The molecular formula is C14H20N4O5. The molecular weight excluding hydrogens is 304 g/mol. The van der Waals surface area contributed by atoms with E-state index >= 15 is 0 Å². The maximum Gasteiger partial charge on any atom is 0.343 e. The standard InChI is InChI=1S/C14H20N4O5/c1-4-23-11(19)9-7-17(3)16-10(9)15-13(22)18-6-5-14(2,8-18)12(20)21/h7H,4-6,8H2,1-3H3,(H,20,21)(H,15,16,22). The van der Waals surface area contributed by atoms with Gasteiger partial charge in [-0.1, -0.05) is 0 Å². The summed E-state index contributed by atoms with van der Waals surface area (Å²) in [6.07, 6.45) is 1.83. The van der Waals surface area contributed by atoms with Crippen LogP contribution < -0.4 is 5.32 Å². The second-order valence-electron chi connectivity index (χ2n) is 5.75. The third-order valence-electron chi connectivity index (χ3n) is 3.83. The topological polar surface area (TPSA) is 114 Å². The van der Waals surface area contributed by atoms with Gasteiger partial charge in [-0.2, -0.15) is 5.10 Å². The average molecular weight is 324 g/mol. The van der Waals surface area contributed by atoms with Crippen LogP contribution >= 0.6 is 0 Å². The second kappa shape index (κ2) is 6.27. The van der Waals surface area contributed by atoms with Crippen LogP contribution in [-0.4, -0.2) is 57.5 Å². The van der Waals surface area contributed by atoms with Crippen molar-refractivity contribution in [1.82, 2.24) is 14.7 Å². The zero-order chi connectivity index (χ0) is 17.2. The molecule has 1 unspecified atom stereocenters. The number of rotatable bonds is 4. The molecule has 0 saturated carbocycles. The minimum atomic E-state index is -0.953. The molecule has 2 N–H and O–H groups in total. The van der Waals surface area contributed by atoms with E-state index in [2.05, 4.69) is 10.4 Å². The van der Waals surface area contributed by atoms with Crippen molar-refractivity contribution in [2.24, 2.45) is 12.5 Å². The van der Waals surface area contributed by atoms with Crippen LogP contribution in [0.2, 0.25) is 0 Å². The Labute approximate surface area is 133 Å². The number of hydrogen-bond acceptors (Lipinski definition) is 5. The first-order chi connectivity index (χ1) is 10.8. The van der Waals surface area contributed by atoms with Crippen LogP contribution in [0, 0.1) is 5.41 Å². The van der Waals surface area contributed by atoms with E-state index in [1.165, 1.54) is 15.8 Å². The molecule has 1 aromatic rings. The number of carbonyl (C=O) groups excluding carboxylic acids is 2. The van der Waals surface area contributed by atoms with Gasteiger partial charge in [0.15, 0.2) is 5.82 Å². The van der Waals surface area contributed by atoms with Crippen molar-refractivity contribution in [3.8, 4) is 0 Å². The number of aliphatic carboxylic acids is 1. The van der Waals surface area contributed by atoms with Crippen molar-refractivity contribution >= 4 is 23.8 Å². The van der Waals surface area contributed by atoms with Gasteiger partial charge in [0.1, 0.15) is 5.56 Å². The molecule has 0 radical (unpaired) electrons. The third kappa shape index (κ3) is 3.43. The van der Waals surface area contributed by atoms with Gasteiger partial charge in [0, 0.05) is 26.3 Å². The van der Waals surface area contributed by atoms with E-state index in [1.54, 1.807) is 20.9 Å². The predicted molar refractivity (Wildman–Crippen MR) is 80.1 cm³/mol. The minimum absolute atomic E-state index is 0.0971. The molecule has 2 rings (SSSR count). The predicted octanol–water partition coefficient (Wildman–Crippen LogP) is 0.925. The summed E-state index contributed by atoms with van der Waals surface area (Å²) in [5.41, 5.74) is -0.797. The fourth-order valence-corrected chi connectivity index (χ4v) is 2.43. The molecule has 0 spiro atoms. The molecule has 23 heavy (non-hydrogen) atoms. The highest BCUT2D eigenvalue weighted by Gasteiger charge is 2.42. The van der Waals surface area contributed by atoms with E-state index in [4.69, 9.17) is 4.74 Å². The number of carbonyl (C=O) groups is 3. The number of amides is 2. The van der Waals surface area contributed by atoms with Gasteiger partial charge in [-0.05, 0) is 20.3 Å². The Hall–Kier alpha value is -2.58. The number of carboxylic acid groups (broad SMARTS) is 1. The molecule has 9 heteroatoms. The first kappa shape index (κ1) is 16.8. The average Bonchev–Trinajstić information content (AvgIpc) is 3.04. The molecule has 2 amide bonds. The van der Waals surface area contributed by atoms with Crippen LogP contribution in [0.3, 0.4) is 0 Å². The molecule has 1 atom stereocenters. The lowest BCUT2D eigenvalue weighted by Crippen LogP contribution is -2.37. The molecule has 1 aromatic heterocycles. The van der Waals surface area contributed by atoms with Crippen LogP contribution in [-0.2, 0) is 16.6 Å². The molecule has 0 bridgehead atoms. The Kier molecular flexibility index (Phi) is 4.57. The van der Waals surface area contributed by atoms with Crippen molar-refractivity contribution in [2.75, 3.05) is 25.0 Å². The maximum atomic E-state index is 12.3. The first-order valence-corrected chi connectivity index (χ1v) is 7.27. The van der Waals surface area contributed by atoms with E-state index in [9.17, 15) is 19.5 Å². The Morgan fingerprint density at radius 2 is 2.17 bits per heavy atom. The van der Waals surface area contributed by atoms with Gasteiger partial charge >= 0.3 is 18.0 Å². The molecule has 1 saturated heterocycles. The van der Waals surface area contributed by atoms with Gasteiger partial charge in [-0.3, -0.25) is 14.8 Å². The number of aryl methyl sites for hydroxylation is 1. The van der Waals surface area contributed by atoms with E-state index in [1.807, 2.05) is 0 Å². The summed E-state index contributed by atoms with van der Waals surface area (Å²) in [6.45, 7) is 3.94. The van der Waals surface area contributed by atoms with Crippen LogP contribution in [0.1, 0.15) is 30.6 Å². The Morgan fingerprint density at radius 3 is 2.74 bits per heavy atom. The summed E-state index contributed by atoms with van der Waals surface area (Å²) < 4.78 is 6.31. The minimum Gasteiger partial charge on any atom is -0.481 e. The fourth-order valence-electron chi connectivity index (χ4n) is 2.43. The summed E-state index contributed by atoms with van der Waals surface area (Å²) >= 11 is 0. The van der Waals surface area contributed by atoms with Gasteiger partial charge in [0.25, 0.3) is 0 Å². The molecule has 1 aliphatic rings. The number of urea groups is 1. The smallest absolute Gasteiger partial charge is 0.343 e. The highest BCUT2D eigenvalue weighted by Crippen LogP contribution is 2.30. The molecule has 126 valence electrons. The largest absolute Gasteiger partial charge is 0.481 e. The summed E-state index contributed by atoms with van der Waals surface area (Å²) in [4.78, 5) is 36.8. The number of likely N-dealkylation sites (tertiary alicyclic amines) is 1. The van der Waals surface area contributed by atoms with Crippen LogP contribution in [0.5, 0.6) is 0 Å². The summed E-state index contributed by atoms with van der Waals surface area (Å²) in [5, 5.41) is 15.8. The first-order valence-electron chi connectivity index (χ1n) is 7.27. The number of nitrogens with one attached hydrogen (secondary N) is 1. The fraction of sp³-hybridized carbons (Fsp3) is 0.571. The Balaban J connectivity index is 2.10. The number of carboxylic acids is 1. The van der Waals surface area contributed by atoms with Crippen LogP contribution in [0.4, 0.5) is 10.6 Å². The van der Waals surface area contributed by atoms with Crippen LogP contribution in [0.25, 0.3) is 0 Å². The van der Waals surface area contributed by atoms with E-state index in [-0.39, 0.29) is 24.5 Å². The van der Waals surface area contributed by atoms with Gasteiger partial charge in [0.2, 0.25) is 0 Å². The van der Waals surface area contributed by atoms with Crippen molar-refractivity contribution < 1.29 is 24.2 Å². The number of aromatic nitrogens is 2. The third-order valence-corrected chi connectivity index (χ3v) is 3.83. The zero-order valence-corrected chi connectivity index (χ0v) is 13.3. The van der Waals surface area contributed by atoms with Crippen molar-refractivity contribution in [2.45, 2.75) is 20.3 Å². The lowest BCUT2D eigenvalue weighted by molar-refractivity contribution is -0.146. The lowest BCUT2D eigenvalue weighted by Gasteiger charge is -2.20. The van der Waals surface area contributed by atoms with E-state index in [0.717, 1.165) is 0 Å². The monoisotopic (exact) mass is 324 g/mol. The number of esters is 1. The SMILES string of the molecule is CCOC(=O)c1cn(C)nc1NC(=O)N1CCC(C)(C(=O)O)C1. The Bertz CT molecular complexity index is 641. The number of anilines is 1. The maximum absolute atomic E-state index is 12.3. The van der Waals surface area contributed by atoms with Crippen molar-refractivity contribution in [3.05, 3.63) is 11.8 Å². The normalized spacial score (nSPS) is 20.4. The summed E-state index contributed by atoms with van der Waals surface area (Å²) in [7, 11) is 1.62. The van der Waals surface area contributed by atoms with Gasteiger partial charge in [-0.25, -0.2) is 9.59 Å². The van der Waals surface area contributed by atoms with Gasteiger partial charge in [0.05, 0.1) is 12.0 Å². The zero-order valence-electron chi connectivity index (χ0n) is 13.3. The number of hydrogen-bond donors (Lipinski definition) is 2. The molecule has 2 heterocycles.